The van der Waals surface area contributed by atoms with Gasteiger partial charge in [-0.3, -0.25) is 14.9 Å². The van der Waals surface area contributed by atoms with Gasteiger partial charge in [0.1, 0.15) is 5.75 Å². The van der Waals surface area contributed by atoms with Crippen LogP contribution in [-0.2, 0) is 6.54 Å². The van der Waals surface area contributed by atoms with Gasteiger partial charge in [0.15, 0.2) is 0 Å². The summed E-state index contributed by atoms with van der Waals surface area (Å²) in [5.41, 5.74) is 1.45. The molecule has 1 amide bonds. The zero-order chi connectivity index (χ0) is 22.8. The summed E-state index contributed by atoms with van der Waals surface area (Å²) in [5.74, 6) is 0.653. The zero-order valence-corrected chi connectivity index (χ0v) is 19.0. The van der Waals surface area contributed by atoms with Crippen LogP contribution in [0.5, 0.6) is 5.75 Å². The number of nitro groups is 1. The van der Waals surface area contributed by atoms with E-state index in [2.05, 4.69) is 20.8 Å². The monoisotopic (exact) mass is 428 g/mol. The number of nitrogens with one attached hydrogen (secondary N) is 1. The zero-order valence-electron chi connectivity index (χ0n) is 19.0. The number of hydrogen-bond donors (Lipinski definition) is 1. The highest BCUT2D eigenvalue weighted by atomic mass is 16.6. The summed E-state index contributed by atoms with van der Waals surface area (Å²) in [7, 11) is 1.62. The maximum atomic E-state index is 13.3. The molecule has 1 atom stereocenters. The Morgan fingerprint density at radius 1 is 1.10 bits per heavy atom. The van der Waals surface area contributed by atoms with Crippen LogP contribution in [0.25, 0.3) is 0 Å². The molecular weight excluding hydrogens is 394 g/mol. The number of benzene rings is 2. The third-order valence-corrected chi connectivity index (χ3v) is 5.78. The molecule has 2 aromatic rings. The molecule has 2 aromatic carbocycles. The maximum Gasteiger partial charge on any atom is 0.269 e. The van der Waals surface area contributed by atoms with E-state index in [1.807, 2.05) is 29.2 Å². The van der Waals surface area contributed by atoms with Gasteiger partial charge in [-0.2, -0.15) is 0 Å². The van der Waals surface area contributed by atoms with Crippen molar-refractivity contribution < 1.29 is 19.4 Å². The first-order chi connectivity index (χ1) is 14.9. The van der Waals surface area contributed by atoms with Gasteiger partial charge in [-0.15, -0.1) is 0 Å². The first kappa shape index (κ1) is 24.3. The Kier molecular flexibility index (Phi) is 9.46. The van der Waals surface area contributed by atoms with Crippen molar-refractivity contribution in [2.45, 2.75) is 46.2 Å². The van der Waals surface area contributed by atoms with Crippen LogP contribution in [-0.4, -0.2) is 48.5 Å². The van der Waals surface area contributed by atoms with Gasteiger partial charge in [-0.05, 0) is 63.4 Å². The maximum absolute atomic E-state index is 13.3. The Labute approximate surface area is 184 Å². The third-order valence-electron chi connectivity index (χ3n) is 5.78. The minimum atomic E-state index is -0.457. The van der Waals surface area contributed by atoms with E-state index in [9.17, 15) is 14.9 Å². The second-order valence-corrected chi connectivity index (χ2v) is 7.78. The van der Waals surface area contributed by atoms with Gasteiger partial charge in [0.05, 0.1) is 31.7 Å². The van der Waals surface area contributed by atoms with Gasteiger partial charge in [0.25, 0.3) is 11.6 Å². The lowest BCUT2D eigenvalue weighted by Gasteiger charge is -2.30. The molecule has 0 saturated carbocycles. The van der Waals surface area contributed by atoms with Gasteiger partial charge < -0.3 is 14.5 Å². The molecule has 0 heterocycles. The summed E-state index contributed by atoms with van der Waals surface area (Å²) >= 11 is 0. The summed E-state index contributed by atoms with van der Waals surface area (Å²) in [6, 6.07) is 13.6. The van der Waals surface area contributed by atoms with E-state index in [0.717, 1.165) is 43.8 Å². The van der Waals surface area contributed by atoms with Crippen molar-refractivity contribution in [3.8, 4) is 5.75 Å². The fraction of sp³-hybridized carbons (Fsp3) is 0.458. The Morgan fingerprint density at radius 2 is 1.71 bits per heavy atom. The van der Waals surface area contributed by atoms with E-state index in [1.54, 1.807) is 12.0 Å². The van der Waals surface area contributed by atoms with Crippen molar-refractivity contribution in [1.82, 2.24) is 4.90 Å². The van der Waals surface area contributed by atoms with Gasteiger partial charge in [0.2, 0.25) is 0 Å². The van der Waals surface area contributed by atoms with Crippen molar-refractivity contribution in [3.05, 3.63) is 69.8 Å². The molecule has 168 valence electrons. The van der Waals surface area contributed by atoms with E-state index in [1.165, 1.54) is 24.3 Å². The SMILES string of the molecule is CC[NH+](CC)CCC[C@H](C)N(Cc1ccc(OC)cc1)C(=O)c1ccc([N+](=O)[O-])cc1. The Bertz CT molecular complexity index is 833. The van der Waals surface area contributed by atoms with Crippen LogP contribution in [0, 0.1) is 10.1 Å². The fourth-order valence-corrected chi connectivity index (χ4v) is 3.65. The number of amides is 1. The molecule has 7 nitrogen and oxygen atoms in total. The van der Waals surface area contributed by atoms with E-state index in [0.29, 0.717) is 12.1 Å². The van der Waals surface area contributed by atoms with Crippen molar-refractivity contribution in [2.24, 2.45) is 0 Å². The lowest BCUT2D eigenvalue weighted by atomic mass is 10.1. The molecule has 0 saturated heterocycles. The second-order valence-electron chi connectivity index (χ2n) is 7.78. The topological polar surface area (TPSA) is 77.1 Å². The first-order valence-corrected chi connectivity index (χ1v) is 10.9. The number of rotatable bonds is 12. The summed E-state index contributed by atoms with van der Waals surface area (Å²) in [4.78, 5) is 27.2. The molecular formula is C24H34N3O4+. The van der Waals surface area contributed by atoms with Gasteiger partial charge in [-0.25, -0.2) is 0 Å². The van der Waals surface area contributed by atoms with Crippen LogP contribution in [0.3, 0.4) is 0 Å². The van der Waals surface area contributed by atoms with E-state index >= 15 is 0 Å². The number of carbonyl (C=O) groups excluding carboxylic acids is 1. The standard InChI is InChI=1S/C24H33N3O4/c1-5-25(6-2)17-7-8-19(3)26(18-20-9-15-23(31-4)16-10-20)24(28)21-11-13-22(14-12-21)27(29)30/h9-16,19H,5-8,17-18H2,1-4H3/p+1/t19-/m0/s1. The number of carbonyl (C=O) groups is 1. The van der Waals surface area contributed by atoms with Crippen molar-refractivity contribution >= 4 is 11.6 Å². The highest BCUT2D eigenvalue weighted by molar-refractivity contribution is 5.94. The van der Waals surface area contributed by atoms with Crippen LogP contribution >= 0.6 is 0 Å². The number of non-ortho nitro benzene ring substituents is 1. The number of hydrogen-bond acceptors (Lipinski definition) is 4. The van der Waals surface area contributed by atoms with Gasteiger partial charge in [-0.1, -0.05) is 12.1 Å². The van der Waals surface area contributed by atoms with Crippen molar-refractivity contribution in [2.75, 3.05) is 26.7 Å². The fourth-order valence-electron chi connectivity index (χ4n) is 3.65. The molecule has 0 aliphatic rings. The summed E-state index contributed by atoms with van der Waals surface area (Å²) in [5, 5.41) is 10.9. The lowest BCUT2D eigenvalue weighted by molar-refractivity contribution is -0.896. The van der Waals surface area contributed by atoms with E-state index in [-0.39, 0.29) is 17.6 Å². The summed E-state index contributed by atoms with van der Waals surface area (Å²) in [6.45, 7) is 10.2. The number of ether oxygens (including phenoxy) is 1. The third kappa shape index (κ3) is 7.07. The first-order valence-electron chi connectivity index (χ1n) is 10.9. The molecule has 0 aromatic heterocycles. The molecule has 31 heavy (non-hydrogen) atoms. The number of nitro benzene ring substituents is 1. The summed E-state index contributed by atoms with van der Waals surface area (Å²) < 4.78 is 5.23. The molecule has 0 spiro atoms. The second kappa shape index (κ2) is 12.1. The molecule has 1 N–H and O–H groups in total. The molecule has 0 bridgehead atoms. The minimum Gasteiger partial charge on any atom is -0.497 e. The van der Waals surface area contributed by atoms with Crippen LogP contribution < -0.4 is 9.64 Å². The normalized spacial score (nSPS) is 11.9. The Hall–Kier alpha value is -2.93. The van der Waals surface area contributed by atoms with Gasteiger partial charge >= 0.3 is 0 Å². The predicted octanol–water partition coefficient (Wildman–Crippen LogP) is 3.34. The van der Waals surface area contributed by atoms with Crippen LogP contribution in [0.1, 0.15) is 49.5 Å². The number of quaternary nitrogens is 1. The van der Waals surface area contributed by atoms with E-state index < -0.39 is 4.92 Å². The molecule has 0 radical (unpaired) electrons. The molecule has 0 unspecified atom stereocenters. The molecule has 0 aliphatic heterocycles. The minimum absolute atomic E-state index is 0.0199. The highest BCUT2D eigenvalue weighted by Crippen LogP contribution is 2.20. The molecule has 0 aliphatic carbocycles. The van der Waals surface area contributed by atoms with Crippen molar-refractivity contribution in [1.29, 1.82) is 0 Å². The Balaban J connectivity index is 2.18. The summed E-state index contributed by atoms with van der Waals surface area (Å²) in [6.07, 6.45) is 1.93. The smallest absolute Gasteiger partial charge is 0.269 e. The average Bonchev–Trinajstić information content (AvgIpc) is 2.80. The van der Waals surface area contributed by atoms with Gasteiger partial charge in [0, 0.05) is 30.3 Å². The largest absolute Gasteiger partial charge is 0.497 e. The van der Waals surface area contributed by atoms with Crippen LogP contribution in [0.15, 0.2) is 48.5 Å². The van der Waals surface area contributed by atoms with Crippen LogP contribution in [0.2, 0.25) is 0 Å². The highest BCUT2D eigenvalue weighted by Gasteiger charge is 2.23. The number of methoxy groups -OCH3 is 1. The Morgan fingerprint density at radius 3 is 2.23 bits per heavy atom. The molecule has 0 fully saturated rings. The quantitative estimate of drug-likeness (QED) is 0.416. The lowest BCUT2D eigenvalue weighted by Crippen LogP contribution is -3.11. The predicted molar refractivity (Wildman–Crippen MR) is 122 cm³/mol. The van der Waals surface area contributed by atoms with E-state index in [4.69, 9.17) is 4.74 Å². The van der Waals surface area contributed by atoms with Crippen LogP contribution in [0.4, 0.5) is 5.69 Å². The average molecular weight is 429 g/mol. The molecule has 2 rings (SSSR count). The molecule has 7 heteroatoms. The number of nitrogens with zero attached hydrogens (tertiary/aromatic N) is 2. The van der Waals surface area contributed by atoms with Crippen molar-refractivity contribution in [3.63, 3.8) is 0 Å².